The fraction of sp³-hybridized carbons (Fsp3) is 0.368. The summed E-state index contributed by atoms with van der Waals surface area (Å²) in [4.78, 5) is 29.4. The SMILES string of the molecule is CC(C)C1(C(=O)O)CCN(C(=O)c2c[nH]cc2-c2ccccc2)C1. The molecule has 2 aromatic rings. The number of likely N-dealkylation sites (tertiary alicyclic amines) is 1. The van der Waals surface area contributed by atoms with Gasteiger partial charge in [0, 0.05) is 31.0 Å². The number of aromatic nitrogens is 1. The molecule has 1 aromatic heterocycles. The smallest absolute Gasteiger partial charge is 0.311 e. The largest absolute Gasteiger partial charge is 0.481 e. The average molecular weight is 326 g/mol. The molecule has 1 aliphatic heterocycles. The van der Waals surface area contributed by atoms with Crippen molar-refractivity contribution in [2.75, 3.05) is 13.1 Å². The number of carboxylic acids is 1. The number of carbonyl (C=O) groups excluding carboxylic acids is 1. The summed E-state index contributed by atoms with van der Waals surface area (Å²) in [6.45, 7) is 4.56. The summed E-state index contributed by atoms with van der Waals surface area (Å²) in [5, 5.41) is 9.65. The third kappa shape index (κ3) is 2.60. The second kappa shape index (κ2) is 6.15. The second-order valence-electron chi connectivity index (χ2n) is 6.74. The van der Waals surface area contributed by atoms with Gasteiger partial charge in [0.15, 0.2) is 0 Å². The Hall–Kier alpha value is -2.56. The van der Waals surface area contributed by atoms with Crippen molar-refractivity contribution in [2.45, 2.75) is 20.3 Å². The van der Waals surface area contributed by atoms with Crippen molar-refractivity contribution in [2.24, 2.45) is 11.3 Å². The fourth-order valence-electron chi connectivity index (χ4n) is 3.47. The van der Waals surface area contributed by atoms with Gasteiger partial charge in [0.1, 0.15) is 0 Å². The molecule has 126 valence electrons. The Balaban J connectivity index is 1.87. The molecule has 1 unspecified atom stereocenters. The fourth-order valence-corrected chi connectivity index (χ4v) is 3.47. The van der Waals surface area contributed by atoms with E-state index in [0.717, 1.165) is 11.1 Å². The number of hydrogen-bond donors (Lipinski definition) is 2. The molecular formula is C19H22N2O3. The normalized spacial score (nSPS) is 20.5. The molecule has 1 fully saturated rings. The molecule has 0 spiro atoms. The lowest BCUT2D eigenvalue weighted by Gasteiger charge is -2.28. The summed E-state index contributed by atoms with van der Waals surface area (Å²) in [5.74, 6) is -0.948. The van der Waals surface area contributed by atoms with Crippen LogP contribution >= 0.6 is 0 Å². The maximum absolute atomic E-state index is 12.9. The summed E-state index contributed by atoms with van der Waals surface area (Å²) >= 11 is 0. The van der Waals surface area contributed by atoms with E-state index in [9.17, 15) is 14.7 Å². The lowest BCUT2D eigenvalue weighted by molar-refractivity contribution is -0.150. The van der Waals surface area contributed by atoms with Crippen LogP contribution in [0.3, 0.4) is 0 Å². The number of nitrogens with one attached hydrogen (secondary N) is 1. The lowest BCUT2D eigenvalue weighted by Crippen LogP contribution is -2.40. The van der Waals surface area contributed by atoms with E-state index in [-0.39, 0.29) is 18.4 Å². The molecule has 1 atom stereocenters. The number of carboxylic acid groups (broad SMARTS) is 1. The molecule has 5 nitrogen and oxygen atoms in total. The number of amides is 1. The number of nitrogens with zero attached hydrogens (tertiary/aromatic N) is 1. The van der Waals surface area contributed by atoms with Crippen LogP contribution in [-0.4, -0.2) is 40.0 Å². The van der Waals surface area contributed by atoms with Gasteiger partial charge >= 0.3 is 5.97 Å². The van der Waals surface area contributed by atoms with E-state index < -0.39 is 11.4 Å². The quantitative estimate of drug-likeness (QED) is 0.906. The van der Waals surface area contributed by atoms with Gasteiger partial charge in [-0.15, -0.1) is 0 Å². The first-order chi connectivity index (χ1) is 11.5. The van der Waals surface area contributed by atoms with Crippen LogP contribution in [0.25, 0.3) is 11.1 Å². The molecule has 0 radical (unpaired) electrons. The molecule has 1 aliphatic rings. The van der Waals surface area contributed by atoms with Gasteiger partial charge in [0.25, 0.3) is 5.91 Å². The van der Waals surface area contributed by atoms with Crippen molar-refractivity contribution in [1.82, 2.24) is 9.88 Å². The number of aliphatic carboxylic acids is 1. The zero-order chi connectivity index (χ0) is 17.3. The van der Waals surface area contributed by atoms with Crippen molar-refractivity contribution < 1.29 is 14.7 Å². The third-order valence-corrected chi connectivity index (χ3v) is 5.18. The molecule has 3 rings (SSSR count). The highest BCUT2D eigenvalue weighted by molar-refractivity contribution is 6.01. The molecule has 0 aliphatic carbocycles. The van der Waals surface area contributed by atoms with Crippen LogP contribution in [0, 0.1) is 11.3 Å². The van der Waals surface area contributed by atoms with Gasteiger partial charge in [0.05, 0.1) is 11.0 Å². The zero-order valence-corrected chi connectivity index (χ0v) is 14.0. The first-order valence-corrected chi connectivity index (χ1v) is 8.20. The standard InChI is InChI=1S/C19H22N2O3/c1-13(2)19(18(23)24)8-9-21(12-19)17(22)16-11-20-10-15(16)14-6-4-3-5-7-14/h3-7,10-11,13,20H,8-9,12H2,1-2H3,(H,23,24). The lowest BCUT2D eigenvalue weighted by atomic mass is 9.76. The van der Waals surface area contributed by atoms with E-state index in [1.54, 1.807) is 11.1 Å². The van der Waals surface area contributed by atoms with Crippen molar-refractivity contribution in [3.63, 3.8) is 0 Å². The van der Waals surface area contributed by atoms with Crippen LogP contribution in [0.2, 0.25) is 0 Å². The van der Waals surface area contributed by atoms with E-state index in [1.807, 2.05) is 50.4 Å². The Morgan fingerprint density at radius 3 is 2.50 bits per heavy atom. The van der Waals surface area contributed by atoms with Gasteiger partial charge in [-0.3, -0.25) is 9.59 Å². The Morgan fingerprint density at radius 1 is 1.21 bits per heavy atom. The van der Waals surface area contributed by atoms with Gasteiger partial charge in [-0.1, -0.05) is 44.2 Å². The summed E-state index contributed by atoms with van der Waals surface area (Å²) in [6.07, 6.45) is 4.00. The Morgan fingerprint density at radius 2 is 1.92 bits per heavy atom. The minimum absolute atomic E-state index is 0.0207. The van der Waals surface area contributed by atoms with E-state index in [4.69, 9.17) is 0 Å². The number of hydrogen-bond acceptors (Lipinski definition) is 2. The first-order valence-electron chi connectivity index (χ1n) is 8.20. The minimum atomic E-state index is -0.848. The predicted molar refractivity (Wildman–Crippen MR) is 91.7 cm³/mol. The second-order valence-corrected chi connectivity index (χ2v) is 6.74. The van der Waals surface area contributed by atoms with Gasteiger partial charge in [-0.2, -0.15) is 0 Å². The molecular weight excluding hydrogens is 304 g/mol. The highest BCUT2D eigenvalue weighted by Gasteiger charge is 2.48. The number of rotatable bonds is 4. The molecule has 0 saturated carbocycles. The number of aromatic amines is 1. The maximum atomic E-state index is 12.9. The third-order valence-electron chi connectivity index (χ3n) is 5.18. The molecule has 24 heavy (non-hydrogen) atoms. The summed E-state index contributed by atoms with van der Waals surface area (Å²) in [7, 11) is 0. The van der Waals surface area contributed by atoms with E-state index in [1.165, 1.54) is 0 Å². The van der Waals surface area contributed by atoms with Gasteiger partial charge in [-0.25, -0.2) is 0 Å². The molecule has 5 heteroatoms. The van der Waals surface area contributed by atoms with Gasteiger partial charge < -0.3 is 15.0 Å². The van der Waals surface area contributed by atoms with Crippen LogP contribution in [-0.2, 0) is 4.79 Å². The van der Waals surface area contributed by atoms with Gasteiger partial charge in [0.2, 0.25) is 0 Å². The number of carbonyl (C=O) groups is 2. The summed E-state index contributed by atoms with van der Waals surface area (Å²) < 4.78 is 0. The molecule has 1 aromatic carbocycles. The Bertz CT molecular complexity index is 751. The van der Waals surface area contributed by atoms with Crippen LogP contribution < -0.4 is 0 Å². The maximum Gasteiger partial charge on any atom is 0.311 e. The zero-order valence-electron chi connectivity index (χ0n) is 14.0. The van der Waals surface area contributed by atoms with E-state index in [2.05, 4.69) is 4.98 Å². The van der Waals surface area contributed by atoms with Gasteiger partial charge in [-0.05, 0) is 17.9 Å². The summed E-state index contributed by atoms with van der Waals surface area (Å²) in [5.41, 5.74) is 1.55. The predicted octanol–water partition coefficient (Wildman–Crippen LogP) is 3.25. The van der Waals surface area contributed by atoms with Crippen molar-refractivity contribution in [3.05, 3.63) is 48.3 Å². The molecule has 2 heterocycles. The first kappa shape index (κ1) is 16.3. The number of H-pyrrole nitrogens is 1. The minimum Gasteiger partial charge on any atom is -0.481 e. The van der Waals surface area contributed by atoms with Crippen LogP contribution in [0.1, 0.15) is 30.6 Å². The average Bonchev–Trinajstić information content (AvgIpc) is 3.23. The molecule has 1 amide bonds. The monoisotopic (exact) mass is 326 g/mol. The highest BCUT2D eigenvalue weighted by atomic mass is 16.4. The van der Waals surface area contributed by atoms with Crippen molar-refractivity contribution in [3.8, 4) is 11.1 Å². The highest BCUT2D eigenvalue weighted by Crippen LogP contribution is 2.39. The van der Waals surface area contributed by atoms with E-state index in [0.29, 0.717) is 18.5 Å². The number of benzene rings is 1. The van der Waals surface area contributed by atoms with Crippen LogP contribution in [0.4, 0.5) is 0 Å². The van der Waals surface area contributed by atoms with Crippen molar-refractivity contribution in [1.29, 1.82) is 0 Å². The Kier molecular flexibility index (Phi) is 4.18. The summed E-state index contributed by atoms with van der Waals surface area (Å²) in [6, 6.07) is 9.71. The van der Waals surface area contributed by atoms with Crippen LogP contribution in [0.15, 0.2) is 42.7 Å². The molecule has 2 N–H and O–H groups in total. The van der Waals surface area contributed by atoms with Crippen molar-refractivity contribution >= 4 is 11.9 Å². The van der Waals surface area contributed by atoms with Crippen LogP contribution in [0.5, 0.6) is 0 Å². The van der Waals surface area contributed by atoms with E-state index >= 15 is 0 Å². The molecule has 1 saturated heterocycles. The Labute approximate surface area is 141 Å². The molecule has 0 bridgehead atoms. The topological polar surface area (TPSA) is 73.4 Å².